The Morgan fingerprint density at radius 2 is 2.17 bits per heavy atom. The lowest BCUT2D eigenvalue weighted by atomic mass is 10.2. The van der Waals surface area contributed by atoms with Gasteiger partial charge in [0.05, 0.1) is 43.1 Å². The second kappa shape index (κ2) is 8.63. The molecule has 0 aromatic heterocycles. The van der Waals surface area contributed by atoms with Crippen molar-refractivity contribution in [2.75, 3.05) is 26.9 Å². The van der Waals surface area contributed by atoms with Crippen LogP contribution in [0.4, 0.5) is 0 Å². The number of nitrogens with zero attached hydrogens (tertiary/aromatic N) is 1. The number of hydrogen-bond acceptors (Lipinski definition) is 6. The van der Waals surface area contributed by atoms with Crippen molar-refractivity contribution in [3.05, 3.63) is 21.3 Å². The Balaban J connectivity index is 1.98. The molecule has 2 rings (SSSR count). The number of hydrazone groups is 1. The molecule has 1 saturated heterocycles. The fourth-order valence-corrected chi connectivity index (χ4v) is 3.05. The Labute approximate surface area is 154 Å². The van der Waals surface area contributed by atoms with Gasteiger partial charge in [-0.3, -0.25) is 4.79 Å². The molecule has 0 saturated carbocycles. The summed E-state index contributed by atoms with van der Waals surface area (Å²) in [6, 6.07) is 3.70. The molecule has 8 heteroatoms. The van der Waals surface area contributed by atoms with Crippen molar-refractivity contribution in [3.8, 4) is 11.5 Å². The number of ether oxygens (including phenoxy) is 4. The second-order valence-corrected chi connectivity index (χ2v) is 6.43. The van der Waals surface area contributed by atoms with Gasteiger partial charge in [-0.05, 0) is 54.1 Å². The van der Waals surface area contributed by atoms with Crippen molar-refractivity contribution < 1.29 is 23.7 Å². The molecule has 0 bridgehead atoms. The van der Waals surface area contributed by atoms with Crippen LogP contribution < -0.4 is 14.9 Å². The van der Waals surface area contributed by atoms with Crippen LogP contribution in [-0.4, -0.2) is 44.8 Å². The highest BCUT2D eigenvalue weighted by molar-refractivity contribution is 14.1. The lowest BCUT2D eigenvalue weighted by Gasteiger charge is -2.20. The molecule has 1 heterocycles. The highest BCUT2D eigenvalue weighted by Gasteiger charge is 2.33. The summed E-state index contributed by atoms with van der Waals surface area (Å²) in [6.07, 6.45) is 1.64. The Kier molecular flexibility index (Phi) is 6.81. The maximum Gasteiger partial charge on any atom is 0.245 e. The van der Waals surface area contributed by atoms with Gasteiger partial charge in [-0.1, -0.05) is 0 Å². The van der Waals surface area contributed by atoms with Gasteiger partial charge in [0.2, 0.25) is 5.91 Å². The summed E-state index contributed by atoms with van der Waals surface area (Å²) in [6.45, 7) is 5.20. The Morgan fingerprint density at radius 3 is 2.79 bits per heavy atom. The van der Waals surface area contributed by atoms with Crippen molar-refractivity contribution >= 4 is 34.7 Å². The van der Waals surface area contributed by atoms with Crippen LogP contribution in [-0.2, 0) is 14.3 Å². The minimum atomic E-state index is -0.864. The molecule has 0 spiro atoms. The van der Waals surface area contributed by atoms with E-state index in [0.29, 0.717) is 31.3 Å². The number of halogens is 1. The molecule has 1 aromatic rings. The molecular weight excluding hydrogens is 427 g/mol. The standard InChI is InChI=1S/C16H21IN2O5/c1-4-22-15-12(17)7-11(8-13(15)21-3)10-18-19-14(20)9-16(2)23-5-6-24-16/h7-8,10H,4-6,9H2,1-3H3,(H,19,20)/b18-10-. The van der Waals surface area contributed by atoms with Crippen LogP contribution in [0.2, 0.25) is 0 Å². The fourth-order valence-electron chi connectivity index (χ4n) is 2.27. The average Bonchev–Trinajstić information content (AvgIpc) is 2.95. The van der Waals surface area contributed by atoms with Crippen molar-refractivity contribution in [1.82, 2.24) is 5.43 Å². The van der Waals surface area contributed by atoms with E-state index in [1.165, 1.54) is 0 Å². The molecule has 1 N–H and O–H groups in total. The molecule has 7 nitrogen and oxygen atoms in total. The SMILES string of the molecule is CCOc1c(I)cc(/C=N\NC(=O)CC2(C)OCCO2)cc1OC. The fraction of sp³-hybridized carbons (Fsp3) is 0.500. The van der Waals surface area contributed by atoms with Crippen LogP contribution in [0.25, 0.3) is 0 Å². The van der Waals surface area contributed by atoms with E-state index < -0.39 is 5.79 Å². The van der Waals surface area contributed by atoms with Crippen LogP contribution in [0.3, 0.4) is 0 Å². The first kappa shape index (κ1) is 18.9. The predicted octanol–water partition coefficient (Wildman–Crippen LogP) is 2.30. The summed E-state index contributed by atoms with van der Waals surface area (Å²) in [5.74, 6) is 0.183. The van der Waals surface area contributed by atoms with E-state index in [-0.39, 0.29) is 12.3 Å². The highest BCUT2D eigenvalue weighted by Crippen LogP contribution is 2.33. The summed E-state index contributed by atoms with van der Waals surface area (Å²) in [4.78, 5) is 11.9. The Morgan fingerprint density at radius 1 is 1.46 bits per heavy atom. The summed E-state index contributed by atoms with van der Waals surface area (Å²) in [5, 5.41) is 3.97. The van der Waals surface area contributed by atoms with E-state index in [1.807, 2.05) is 13.0 Å². The van der Waals surface area contributed by atoms with Gasteiger partial charge in [0.15, 0.2) is 17.3 Å². The lowest BCUT2D eigenvalue weighted by molar-refractivity contribution is -0.159. The van der Waals surface area contributed by atoms with Gasteiger partial charge in [0, 0.05) is 0 Å². The number of methoxy groups -OCH3 is 1. The van der Waals surface area contributed by atoms with Crippen LogP contribution in [0.1, 0.15) is 25.8 Å². The van der Waals surface area contributed by atoms with Crippen molar-refractivity contribution in [2.45, 2.75) is 26.1 Å². The van der Waals surface area contributed by atoms with Gasteiger partial charge in [0.25, 0.3) is 0 Å². The van der Waals surface area contributed by atoms with Crippen molar-refractivity contribution in [1.29, 1.82) is 0 Å². The third-order valence-corrected chi connectivity index (χ3v) is 4.12. The molecule has 0 radical (unpaired) electrons. The first-order valence-electron chi connectivity index (χ1n) is 7.57. The zero-order valence-electron chi connectivity index (χ0n) is 13.9. The molecule has 0 aliphatic carbocycles. The maximum absolute atomic E-state index is 11.9. The zero-order valence-corrected chi connectivity index (χ0v) is 16.1. The van der Waals surface area contributed by atoms with E-state index in [4.69, 9.17) is 18.9 Å². The quantitative estimate of drug-likeness (QED) is 0.394. The minimum Gasteiger partial charge on any atom is -0.493 e. The van der Waals surface area contributed by atoms with E-state index in [9.17, 15) is 4.79 Å². The predicted molar refractivity (Wildman–Crippen MR) is 97.5 cm³/mol. The summed E-state index contributed by atoms with van der Waals surface area (Å²) in [7, 11) is 1.58. The third kappa shape index (κ3) is 5.05. The van der Waals surface area contributed by atoms with E-state index in [1.54, 1.807) is 26.3 Å². The van der Waals surface area contributed by atoms with Crippen LogP contribution >= 0.6 is 22.6 Å². The number of carbonyl (C=O) groups is 1. The Hall–Kier alpha value is -1.39. The molecule has 1 aliphatic heterocycles. The smallest absolute Gasteiger partial charge is 0.245 e. The van der Waals surface area contributed by atoms with Crippen LogP contribution in [0.5, 0.6) is 11.5 Å². The largest absolute Gasteiger partial charge is 0.493 e. The number of carbonyl (C=O) groups excluding carboxylic acids is 1. The second-order valence-electron chi connectivity index (χ2n) is 5.27. The van der Waals surface area contributed by atoms with E-state index in [0.717, 1.165) is 9.13 Å². The van der Waals surface area contributed by atoms with Crippen LogP contribution in [0.15, 0.2) is 17.2 Å². The van der Waals surface area contributed by atoms with Gasteiger partial charge < -0.3 is 18.9 Å². The van der Waals surface area contributed by atoms with Crippen molar-refractivity contribution in [2.24, 2.45) is 5.10 Å². The van der Waals surface area contributed by atoms with E-state index in [2.05, 4.69) is 33.1 Å². The molecule has 1 fully saturated rings. The van der Waals surface area contributed by atoms with Gasteiger partial charge in [-0.2, -0.15) is 5.10 Å². The Bertz CT molecular complexity index is 615. The number of nitrogens with one attached hydrogen (secondary N) is 1. The molecule has 132 valence electrons. The first-order chi connectivity index (χ1) is 11.5. The normalized spacial score (nSPS) is 16.3. The summed E-state index contributed by atoms with van der Waals surface area (Å²) < 4.78 is 22.6. The number of amides is 1. The van der Waals surface area contributed by atoms with Crippen LogP contribution in [0, 0.1) is 3.57 Å². The number of benzene rings is 1. The first-order valence-corrected chi connectivity index (χ1v) is 8.65. The summed E-state index contributed by atoms with van der Waals surface area (Å²) >= 11 is 2.17. The lowest BCUT2D eigenvalue weighted by Crippen LogP contribution is -2.33. The molecule has 0 unspecified atom stereocenters. The van der Waals surface area contributed by atoms with Crippen molar-refractivity contribution in [3.63, 3.8) is 0 Å². The molecule has 1 amide bonds. The average molecular weight is 448 g/mol. The van der Waals surface area contributed by atoms with Gasteiger partial charge in [-0.15, -0.1) is 0 Å². The maximum atomic E-state index is 11.9. The van der Waals surface area contributed by atoms with E-state index >= 15 is 0 Å². The zero-order chi connectivity index (χ0) is 17.6. The molecule has 1 aromatic carbocycles. The third-order valence-electron chi connectivity index (χ3n) is 3.32. The molecule has 1 aliphatic rings. The monoisotopic (exact) mass is 448 g/mol. The van der Waals surface area contributed by atoms with Gasteiger partial charge >= 0.3 is 0 Å². The van der Waals surface area contributed by atoms with Gasteiger partial charge in [0.1, 0.15) is 0 Å². The van der Waals surface area contributed by atoms with Gasteiger partial charge in [-0.25, -0.2) is 5.43 Å². The number of rotatable bonds is 7. The minimum absolute atomic E-state index is 0.0917. The topological polar surface area (TPSA) is 78.4 Å². The highest BCUT2D eigenvalue weighted by atomic mass is 127. The number of hydrogen-bond donors (Lipinski definition) is 1. The summed E-state index contributed by atoms with van der Waals surface area (Å²) in [5.41, 5.74) is 3.27. The molecular formula is C16H21IN2O5. The molecule has 0 atom stereocenters. The molecule has 24 heavy (non-hydrogen) atoms.